The molecule has 1 aliphatic heterocycles. The van der Waals surface area contributed by atoms with Crippen LogP contribution in [0, 0.1) is 0 Å². The van der Waals surface area contributed by atoms with Crippen molar-refractivity contribution in [1.29, 1.82) is 0 Å². The summed E-state index contributed by atoms with van der Waals surface area (Å²) in [5, 5.41) is 0. The van der Waals surface area contributed by atoms with Gasteiger partial charge in [-0.3, -0.25) is 28.4 Å². The van der Waals surface area contributed by atoms with E-state index in [0.717, 1.165) is 0 Å². The lowest BCUT2D eigenvalue weighted by Crippen LogP contribution is -2.37. The van der Waals surface area contributed by atoms with E-state index in [9.17, 15) is 43.1 Å². The Morgan fingerprint density at radius 1 is 0.481 bits per heavy atom. The minimum atomic E-state index is -4.26. The molecule has 162 valence electrons. The molecule has 0 aromatic heterocycles. The first-order valence-corrected chi connectivity index (χ1v) is 13.9. The van der Waals surface area contributed by atoms with E-state index in [4.69, 9.17) is 0 Å². The topological polar surface area (TPSA) is 182 Å². The molecule has 1 fully saturated rings. The Labute approximate surface area is 158 Å². The van der Waals surface area contributed by atoms with Gasteiger partial charge in [-0.1, -0.05) is 0 Å². The SMILES string of the molecule is O=P(O)(O)CN1CCCN(CP(=O)(O)O)CCCN(CP(=O)(O)O)CCC1. The van der Waals surface area contributed by atoms with Crippen molar-refractivity contribution in [3.8, 4) is 0 Å². The van der Waals surface area contributed by atoms with E-state index in [0.29, 0.717) is 58.5 Å². The Morgan fingerprint density at radius 3 is 0.815 bits per heavy atom. The third-order valence-electron chi connectivity index (χ3n) is 4.00. The second kappa shape index (κ2) is 10.9. The van der Waals surface area contributed by atoms with Gasteiger partial charge >= 0.3 is 22.8 Å². The van der Waals surface area contributed by atoms with Crippen molar-refractivity contribution in [1.82, 2.24) is 14.7 Å². The lowest BCUT2D eigenvalue weighted by atomic mass is 10.2. The van der Waals surface area contributed by atoms with Gasteiger partial charge in [0.15, 0.2) is 0 Å². The molecule has 0 atom stereocenters. The van der Waals surface area contributed by atoms with E-state index in [2.05, 4.69) is 0 Å². The zero-order valence-electron chi connectivity index (χ0n) is 15.1. The molecule has 0 aromatic carbocycles. The molecule has 27 heavy (non-hydrogen) atoms. The van der Waals surface area contributed by atoms with Crippen LogP contribution in [-0.4, -0.2) is 102 Å². The van der Waals surface area contributed by atoms with Crippen LogP contribution in [0.3, 0.4) is 0 Å². The van der Waals surface area contributed by atoms with Gasteiger partial charge in [0.25, 0.3) is 0 Å². The molecule has 0 amide bonds. The van der Waals surface area contributed by atoms with E-state index in [1.165, 1.54) is 0 Å². The van der Waals surface area contributed by atoms with Crippen molar-refractivity contribution >= 4 is 22.8 Å². The summed E-state index contributed by atoms with van der Waals surface area (Å²) >= 11 is 0. The Morgan fingerprint density at radius 2 is 0.667 bits per heavy atom. The minimum absolute atomic E-state index is 0.348. The molecule has 0 radical (unpaired) electrons. The number of rotatable bonds is 6. The van der Waals surface area contributed by atoms with Crippen LogP contribution in [0.1, 0.15) is 19.3 Å². The second-order valence-corrected chi connectivity index (χ2v) is 11.7. The maximum absolute atomic E-state index is 11.3. The molecule has 0 bridgehead atoms. The summed E-state index contributed by atoms with van der Waals surface area (Å²) in [5.74, 6) is 0. The van der Waals surface area contributed by atoms with Gasteiger partial charge in [0.05, 0.1) is 0 Å². The largest absolute Gasteiger partial charge is 0.339 e. The predicted octanol–water partition coefficient (Wildman–Crippen LogP) is -0.518. The summed E-state index contributed by atoms with van der Waals surface area (Å²) < 4.78 is 33.9. The molecule has 1 saturated heterocycles. The smallest absolute Gasteiger partial charge is 0.324 e. The molecule has 0 spiro atoms. The fraction of sp³-hybridized carbons (Fsp3) is 1.00. The Bertz CT molecular complexity index is 497. The molecule has 0 unspecified atom stereocenters. The van der Waals surface area contributed by atoms with Gasteiger partial charge in [-0.25, -0.2) is 0 Å². The normalized spacial score (nSPS) is 21.6. The molecule has 0 saturated carbocycles. The first-order valence-electron chi connectivity index (χ1n) is 8.54. The summed E-state index contributed by atoms with van der Waals surface area (Å²) in [6.07, 6.45) is 0.197. The van der Waals surface area contributed by atoms with Crippen molar-refractivity contribution in [2.75, 3.05) is 58.1 Å². The monoisotopic (exact) mass is 453 g/mol. The maximum atomic E-state index is 11.3. The van der Waals surface area contributed by atoms with Gasteiger partial charge < -0.3 is 29.4 Å². The summed E-state index contributed by atoms with van der Waals surface area (Å²) in [4.78, 5) is 60.0. The van der Waals surface area contributed by atoms with Crippen molar-refractivity contribution in [3.05, 3.63) is 0 Å². The van der Waals surface area contributed by atoms with Crippen LogP contribution < -0.4 is 0 Å². The molecule has 1 rings (SSSR count). The summed E-state index contributed by atoms with van der Waals surface area (Å²) in [5.41, 5.74) is 0. The second-order valence-electron chi connectivity index (χ2n) is 6.83. The summed E-state index contributed by atoms with van der Waals surface area (Å²) in [7, 11) is -12.8. The van der Waals surface area contributed by atoms with Gasteiger partial charge in [-0.15, -0.1) is 0 Å². The molecule has 6 N–H and O–H groups in total. The van der Waals surface area contributed by atoms with E-state index >= 15 is 0 Å². The van der Waals surface area contributed by atoms with Gasteiger partial charge in [-0.05, 0) is 19.3 Å². The maximum Gasteiger partial charge on any atom is 0.339 e. The Hall–Kier alpha value is 0.330. The molecular formula is C12H30N3O9P3. The first-order chi connectivity index (χ1) is 12.2. The highest BCUT2D eigenvalue weighted by molar-refractivity contribution is 7.52. The Balaban J connectivity index is 2.82. The van der Waals surface area contributed by atoms with Gasteiger partial charge in [0.1, 0.15) is 18.9 Å². The van der Waals surface area contributed by atoms with E-state index in [-0.39, 0.29) is 0 Å². The highest BCUT2D eigenvalue weighted by Gasteiger charge is 2.24. The zero-order chi connectivity index (χ0) is 20.7. The lowest BCUT2D eigenvalue weighted by molar-refractivity contribution is 0.196. The van der Waals surface area contributed by atoms with Crippen molar-refractivity contribution in [2.45, 2.75) is 19.3 Å². The van der Waals surface area contributed by atoms with Crippen molar-refractivity contribution < 1.29 is 43.1 Å². The third-order valence-corrected chi connectivity index (χ3v) is 6.30. The van der Waals surface area contributed by atoms with Crippen molar-refractivity contribution in [2.24, 2.45) is 0 Å². The quantitative estimate of drug-likeness (QED) is 0.284. The van der Waals surface area contributed by atoms with Gasteiger partial charge in [0, 0.05) is 39.3 Å². The Kier molecular flexibility index (Phi) is 10.3. The molecule has 0 aliphatic carbocycles. The third kappa shape index (κ3) is 14.0. The summed E-state index contributed by atoms with van der Waals surface area (Å²) in [6, 6.07) is 0. The van der Waals surface area contributed by atoms with E-state index in [1.807, 2.05) is 0 Å². The van der Waals surface area contributed by atoms with Crippen LogP contribution in [0.25, 0.3) is 0 Å². The molecular weight excluding hydrogens is 423 g/mol. The molecule has 0 aromatic rings. The lowest BCUT2D eigenvalue weighted by Gasteiger charge is -2.30. The average molecular weight is 453 g/mol. The van der Waals surface area contributed by atoms with Gasteiger partial charge in [0.2, 0.25) is 0 Å². The van der Waals surface area contributed by atoms with Crippen LogP contribution in [0.4, 0.5) is 0 Å². The standard InChI is InChI=1S/C12H30N3O9P3/c16-25(17,18)10-13-4-1-5-14(11-26(19,20)21)7-3-9-15(8-2-6-13)12-27(22,23)24/h1-12H2,(H2,16,17,18)(H2,19,20,21)(H2,22,23,24). The predicted molar refractivity (Wildman–Crippen MR) is 99.3 cm³/mol. The fourth-order valence-corrected chi connectivity index (χ4v) is 5.51. The fourth-order valence-electron chi connectivity index (χ4n) is 3.10. The first kappa shape index (κ1) is 25.4. The highest BCUT2D eigenvalue weighted by atomic mass is 31.2. The van der Waals surface area contributed by atoms with Crippen LogP contribution in [-0.2, 0) is 13.7 Å². The molecule has 1 aliphatic rings. The number of hydrogen-bond donors (Lipinski definition) is 6. The number of nitrogens with zero attached hydrogens (tertiary/aromatic N) is 3. The molecule has 15 heteroatoms. The molecule has 1 heterocycles. The number of hydrogen-bond acceptors (Lipinski definition) is 6. The van der Waals surface area contributed by atoms with Crippen molar-refractivity contribution in [3.63, 3.8) is 0 Å². The zero-order valence-corrected chi connectivity index (χ0v) is 17.8. The van der Waals surface area contributed by atoms with Crippen LogP contribution in [0.15, 0.2) is 0 Å². The molecule has 12 nitrogen and oxygen atoms in total. The van der Waals surface area contributed by atoms with Crippen LogP contribution in [0.2, 0.25) is 0 Å². The average Bonchev–Trinajstić information content (AvgIpc) is 2.40. The minimum Gasteiger partial charge on any atom is -0.324 e. The highest BCUT2D eigenvalue weighted by Crippen LogP contribution is 2.37. The van der Waals surface area contributed by atoms with E-state index < -0.39 is 41.6 Å². The van der Waals surface area contributed by atoms with Crippen LogP contribution in [0.5, 0.6) is 0 Å². The van der Waals surface area contributed by atoms with Gasteiger partial charge in [-0.2, -0.15) is 0 Å². The van der Waals surface area contributed by atoms with Crippen LogP contribution >= 0.6 is 22.8 Å². The summed E-state index contributed by atoms with van der Waals surface area (Å²) in [6.45, 7) is 2.09. The van der Waals surface area contributed by atoms with E-state index in [1.54, 1.807) is 14.7 Å².